The summed E-state index contributed by atoms with van der Waals surface area (Å²) in [6.07, 6.45) is 1.38. The Morgan fingerprint density at radius 1 is 1.36 bits per heavy atom. The van der Waals surface area contributed by atoms with Gasteiger partial charge in [-0.25, -0.2) is 14.6 Å². The standard InChI is InChI=1S/C16H15N5O7S2.3H2O/c1-2-6-4-29-14-10(13(25)21(14)11(6)15(26)27)19-12(24)9(20-28-3-8(22)23)7-5-30-16(17)18-7;;;/h2,5,10,14H,1,3-4H2,(H2,17,18)(H,19,24)(H,22,23)(H,26,27);3*1H2/b20-9+;;;/t10?,14-;;;/m1.../s1. The molecule has 11 N–H and O–H groups in total. The number of rotatable bonds is 8. The van der Waals surface area contributed by atoms with E-state index in [-0.39, 0.29) is 38.7 Å². The number of oxime groups is 1. The number of carbonyl (C=O) groups excluding carboxylic acids is 2. The Hall–Kier alpha value is -3.51. The molecule has 0 radical (unpaired) electrons. The van der Waals surface area contributed by atoms with Gasteiger partial charge in [0.15, 0.2) is 10.8 Å². The van der Waals surface area contributed by atoms with E-state index in [1.165, 1.54) is 23.2 Å². The zero-order valence-electron chi connectivity index (χ0n) is 16.6. The number of carboxylic acid groups (broad SMARTS) is 2. The van der Waals surface area contributed by atoms with Crippen LogP contribution in [-0.4, -0.2) is 89.8 Å². The molecule has 1 unspecified atom stereocenters. The fourth-order valence-corrected chi connectivity index (χ4v) is 4.65. The number of thiazole rings is 1. The van der Waals surface area contributed by atoms with Gasteiger partial charge in [0.05, 0.1) is 0 Å². The van der Waals surface area contributed by atoms with Gasteiger partial charge >= 0.3 is 11.9 Å². The summed E-state index contributed by atoms with van der Waals surface area (Å²) in [5.41, 5.74) is 5.48. The first-order chi connectivity index (χ1) is 14.2. The maximum Gasteiger partial charge on any atom is 0.352 e. The zero-order valence-corrected chi connectivity index (χ0v) is 18.2. The molecule has 182 valence electrons. The summed E-state index contributed by atoms with van der Waals surface area (Å²) in [6.45, 7) is 2.77. The molecule has 0 aromatic carbocycles. The maximum absolute atomic E-state index is 12.7. The number of carboxylic acids is 2. The molecular formula is C16H21N5O10S2. The average Bonchev–Trinajstić information content (AvgIpc) is 3.13. The predicted octanol–water partition coefficient (Wildman–Crippen LogP) is -3.02. The van der Waals surface area contributed by atoms with Gasteiger partial charge in [0.25, 0.3) is 11.8 Å². The molecule has 0 saturated carbocycles. The normalized spacial score (nSPS) is 19.0. The van der Waals surface area contributed by atoms with Crippen LogP contribution >= 0.6 is 23.1 Å². The van der Waals surface area contributed by atoms with Crippen molar-refractivity contribution in [2.45, 2.75) is 11.4 Å². The van der Waals surface area contributed by atoms with Crippen LogP contribution in [-0.2, 0) is 24.0 Å². The predicted molar refractivity (Wildman–Crippen MR) is 117 cm³/mol. The number of allylic oxidation sites excluding steroid dienone is 1. The molecule has 3 heterocycles. The Morgan fingerprint density at radius 3 is 2.55 bits per heavy atom. The molecule has 15 nitrogen and oxygen atoms in total. The van der Waals surface area contributed by atoms with Gasteiger partial charge in [0.2, 0.25) is 6.61 Å². The third-order valence-corrected chi connectivity index (χ3v) is 6.03. The van der Waals surface area contributed by atoms with Gasteiger partial charge in [-0.3, -0.25) is 14.5 Å². The molecule has 2 amide bonds. The monoisotopic (exact) mass is 507 g/mol. The molecule has 17 heteroatoms. The number of hydrogen-bond donors (Lipinski definition) is 4. The summed E-state index contributed by atoms with van der Waals surface area (Å²) in [4.78, 5) is 57.1. The van der Waals surface area contributed by atoms with Crippen molar-refractivity contribution in [2.75, 3.05) is 18.1 Å². The number of nitrogens with one attached hydrogen (secondary N) is 1. The Morgan fingerprint density at radius 2 is 2.03 bits per heavy atom. The number of aromatic nitrogens is 1. The quantitative estimate of drug-likeness (QED) is 0.157. The minimum atomic E-state index is -1.30. The van der Waals surface area contributed by atoms with Crippen molar-refractivity contribution < 1.29 is 50.7 Å². The van der Waals surface area contributed by atoms with E-state index in [4.69, 9.17) is 10.8 Å². The van der Waals surface area contributed by atoms with Crippen LogP contribution in [0.15, 0.2) is 34.5 Å². The Balaban J connectivity index is 0.00000341. The lowest BCUT2D eigenvalue weighted by Gasteiger charge is -2.49. The molecule has 2 atom stereocenters. The highest BCUT2D eigenvalue weighted by Gasteiger charge is 2.54. The summed E-state index contributed by atoms with van der Waals surface area (Å²) < 4.78 is 0. The number of aliphatic carboxylic acids is 2. The summed E-state index contributed by atoms with van der Waals surface area (Å²) in [6, 6.07) is -1.01. The van der Waals surface area contributed by atoms with Gasteiger partial charge in [-0.15, -0.1) is 23.1 Å². The zero-order chi connectivity index (χ0) is 22.0. The Labute approximate surface area is 193 Å². The maximum atomic E-state index is 12.7. The molecule has 1 fully saturated rings. The number of carbonyl (C=O) groups is 4. The van der Waals surface area contributed by atoms with Crippen LogP contribution in [0.5, 0.6) is 0 Å². The Bertz CT molecular complexity index is 1010. The van der Waals surface area contributed by atoms with Crippen LogP contribution in [0.3, 0.4) is 0 Å². The lowest BCUT2D eigenvalue weighted by atomic mass is 10.0. The van der Waals surface area contributed by atoms with E-state index in [1.54, 1.807) is 0 Å². The molecule has 3 rings (SSSR count). The lowest BCUT2D eigenvalue weighted by molar-refractivity contribution is -0.150. The molecule has 33 heavy (non-hydrogen) atoms. The van der Waals surface area contributed by atoms with Crippen molar-refractivity contribution in [3.8, 4) is 0 Å². The smallest absolute Gasteiger partial charge is 0.352 e. The highest BCUT2D eigenvalue weighted by atomic mass is 32.2. The molecule has 0 spiro atoms. The van der Waals surface area contributed by atoms with E-state index in [0.717, 1.165) is 16.2 Å². The fourth-order valence-electron chi connectivity index (χ4n) is 2.76. The first kappa shape index (κ1) is 29.5. The number of thioether (sulfide) groups is 1. The number of nitrogens with zero attached hydrogens (tertiary/aromatic N) is 3. The molecule has 1 aromatic heterocycles. The van der Waals surface area contributed by atoms with Crippen molar-refractivity contribution in [3.63, 3.8) is 0 Å². The van der Waals surface area contributed by atoms with E-state index in [1.807, 2.05) is 0 Å². The van der Waals surface area contributed by atoms with Gasteiger partial charge in [0, 0.05) is 11.1 Å². The minimum Gasteiger partial charge on any atom is -0.479 e. The lowest BCUT2D eigenvalue weighted by Crippen LogP contribution is -2.71. The molecular weight excluding hydrogens is 486 g/mol. The molecule has 1 aromatic rings. The van der Waals surface area contributed by atoms with Gasteiger partial charge < -0.3 is 42.5 Å². The summed E-state index contributed by atoms with van der Waals surface area (Å²) >= 11 is 2.30. The van der Waals surface area contributed by atoms with Crippen molar-refractivity contribution in [1.82, 2.24) is 15.2 Å². The highest BCUT2D eigenvalue weighted by Crippen LogP contribution is 2.40. The van der Waals surface area contributed by atoms with Crippen LogP contribution in [0.2, 0.25) is 0 Å². The van der Waals surface area contributed by atoms with Gasteiger partial charge in [-0.1, -0.05) is 17.8 Å². The van der Waals surface area contributed by atoms with Crippen molar-refractivity contribution >= 4 is 57.7 Å². The number of amides is 2. The van der Waals surface area contributed by atoms with E-state index in [0.29, 0.717) is 11.3 Å². The number of nitrogens with two attached hydrogens (primary N) is 1. The number of fused-ring (bicyclic) bond motifs is 1. The second-order valence-corrected chi connectivity index (χ2v) is 7.92. The van der Waals surface area contributed by atoms with Crippen LogP contribution in [0.25, 0.3) is 0 Å². The van der Waals surface area contributed by atoms with Gasteiger partial charge in [-0.2, -0.15) is 0 Å². The van der Waals surface area contributed by atoms with Crippen molar-refractivity contribution in [2.24, 2.45) is 5.16 Å². The average molecular weight is 508 g/mol. The largest absolute Gasteiger partial charge is 0.479 e. The molecule has 0 aliphatic carbocycles. The summed E-state index contributed by atoms with van der Waals surface area (Å²) in [5.74, 6) is -3.72. The van der Waals surface area contributed by atoms with Gasteiger partial charge in [-0.05, 0) is 5.57 Å². The van der Waals surface area contributed by atoms with Crippen LogP contribution in [0, 0.1) is 0 Å². The third kappa shape index (κ3) is 5.84. The van der Waals surface area contributed by atoms with Gasteiger partial charge in [0.1, 0.15) is 22.8 Å². The van der Waals surface area contributed by atoms with E-state index in [2.05, 4.69) is 26.9 Å². The number of β-lactam (4-membered cyclic amide) rings is 1. The second kappa shape index (κ2) is 11.9. The minimum absolute atomic E-state index is 0. The molecule has 2 aliphatic heterocycles. The number of nitrogen functional groups attached to an aromatic ring is 1. The number of anilines is 1. The highest BCUT2D eigenvalue weighted by molar-refractivity contribution is 8.00. The fraction of sp³-hybridized carbons (Fsp3) is 0.250. The topological polar surface area (TPSA) is 279 Å². The molecule has 1 saturated heterocycles. The second-order valence-electron chi connectivity index (χ2n) is 5.92. The number of hydrogen-bond acceptors (Lipinski definition) is 10. The van der Waals surface area contributed by atoms with E-state index < -0.39 is 41.8 Å². The van der Waals surface area contributed by atoms with Crippen molar-refractivity contribution in [3.05, 3.63) is 35.0 Å². The summed E-state index contributed by atoms with van der Waals surface area (Å²) in [5, 5.41) is 25.0. The van der Waals surface area contributed by atoms with Crippen LogP contribution < -0.4 is 11.1 Å². The van der Waals surface area contributed by atoms with E-state index >= 15 is 0 Å². The van der Waals surface area contributed by atoms with Crippen LogP contribution in [0.4, 0.5) is 5.13 Å². The summed E-state index contributed by atoms with van der Waals surface area (Å²) in [7, 11) is 0. The third-order valence-electron chi connectivity index (χ3n) is 4.06. The van der Waals surface area contributed by atoms with Crippen molar-refractivity contribution in [1.29, 1.82) is 0 Å². The SMILES string of the molecule is C=CC1=C(C(=O)O)N2C(=O)C(NC(=O)/C(=N/OCC(=O)O)c3csc(N)n3)[C@H]2SC1.O.O.O. The first-order valence-corrected chi connectivity index (χ1v) is 10.1. The van der Waals surface area contributed by atoms with E-state index in [9.17, 15) is 24.3 Å². The van der Waals surface area contributed by atoms with Crippen LogP contribution in [0.1, 0.15) is 5.69 Å². The molecule has 2 aliphatic rings. The molecule has 0 bridgehead atoms. The first-order valence-electron chi connectivity index (χ1n) is 8.22. The Kier molecular flexibility index (Phi) is 10.7.